The standard InChI is InChI=1S/C12H12FNOS/c1-15-9-5-2-4-8(11(9)13)12(14)10-6-3-7-16-10/h2-7,12H,14H2,1H3. The molecule has 0 saturated heterocycles. The molecule has 1 atom stereocenters. The van der Waals surface area contributed by atoms with Gasteiger partial charge in [0.25, 0.3) is 0 Å². The van der Waals surface area contributed by atoms with Gasteiger partial charge in [-0.3, -0.25) is 0 Å². The minimum atomic E-state index is -0.435. The largest absolute Gasteiger partial charge is 0.494 e. The Hall–Kier alpha value is -1.39. The number of nitrogens with two attached hydrogens (primary N) is 1. The predicted molar refractivity (Wildman–Crippen MR) is 63.3 cm³/mol. The second-order valence-corrected chi connectivity index (χ2v) is 4.34. The highest BCUT2D eigenvalue weighted by Crippen LogP contribution is 2.29. The summed E-state index contributed by atoms with van der Waals surface area (Å²) in [7, 11) is 1.44. The molecule has 2 aromatic rings. The van der Waals surface area contributed by atoms with Crippen LogP contribution in [0, 0.1) is 5.82 Å². The van der Waals surface area contributed by atoms with E-state index in [-0.39, 0.29) is 11.6 Å². The molecule has 16 heavy (non-hydrogen) atoms. The van der Waals surface area contributed by atoms with Crippen molar-refractivity contribution < 1.29 is 9.13 Å². The van der Waals surface area contributed by atoms with Crippen molar-refractivity contribution in [3.63, 3.8) is 0 Å². The number of benzene rings is 1. The van der Waals surface area contributed by atoms with Crippen molar-refractivity contribution in [2.75, 3.05) is 7.11 Å². The van der Waals surface area contributed by atoms with Crippen molar-refractivity contribution in [3.8, 4) is 5.75 Å². The number of hydrogen-bond donors (Lipinski definition) is 1. The Kier molecular flexibility index (Phi) is 3.22. The van der Waals surface area contributed by atoms with Gasteiger partial charge in [-0.15, -0.1) is 11.3 Å². The van der Waals surface area contributed by atoms with Crippen LogP contribution < -0.4 is 10.5 Å². The molecule has 84 valence electrons. The molecule has 2 rings (SSSR count). The predicted octanol–water partition coefficient (Wildman–Crippen LogP) is 2.94. The van der Waals surface area contributed by atoms with Gasteiger partial charge >= 0.3 is 0 Å². The van der Waals surface area contributed by atoms with Crippen molar-refractivity contribution in [1.29, 1.82) is 0 Å². The molecule has 0 aliphatic rings. The van der Waals surface area contributed by atoms with E-state index in [0.29, 0.717) is 5.56 Å². The molecular formula is C12H12FNOS. The molecule has 0 fully saturated rings. The van der Waals surface area contributed by atoms with Gasteiger partial charge in [-0.1, -0.05) is 18.2 Å². The highest BCUT2D eigenvalue weighted by atomic mass is 32.1. The van der Waals surface area contributed by atoms with Gasteiger partial charge in [0.1, 0.15) is 0 Å². The SMILES string of the molecule is COc1cccc(C(N)c2cccs2)c1F. The molecule has 1 aromatic heterocycles. The van der Waals surface area contributed by atoms with Gasteiger partial charge < -0.3 is 10.5 Å². The van der Waals surface area contributed by atoms with Crippen LogP contribution in [0.2, 0.25) is 0 Å². The highest BCUT2D eigenvalue weighted by molar-refractivity contribution is 7.10. The summed E-state index contributed by atoms with van der Waals surface area (Å²) in [6.07, 6.45) is 0. The third-order valence-corrected chi connectivity index (χ3v) is 3.35. The van der Waals surface area contributed by atoms with Crippen LogP contribution in [0.4, 0.5) is 4.39 Å². The monoisotopic (exact) mass is 237 g/mol. The Balaban J connectivity index is 2.41. The average Bonchev–Trinajstić information content (AvgIpc) is 2.82. The molecule has 2 N–H and O–H groups in total. The number of methoxy groups -OCH3 is 1. The number of hydrogen-bond acceptors (Lipinski definition) is 3. The molecule has 0 aliphatic carbocycles. The van der Waals surface area contributed by atoms with Crippen molar-refractivity contribution in [2.24, 2.45) is 5.73 Å². The Bertz CT molecular complexity index is 470. The van der Waals surface area contributed by atoms with E-state index in [1.165, 1.54) is 18.4 Å². The first-order valence-corrected chi connectivity index (χ1v) is 5.73. The lowest BCUT2D eigenvalue weighted by Crippen LogP contribution is -2.12. The normalized spacial score (nSPS) is 12.4. The van der Waals surface area contributed by atoms with Gasteiger partial charge in [0.15, 0.2) is 11.6 Å². The molecular weight excluding hydrogens is 225 g/mol. The highest BCUT2D eigenvalue weighted by Gasteiger charge is 2.17. The lowest BCUT2D eigenvalue weighted by Gasteiger charge is -2.12. The molecule has 0 radical (unpaired) electrons. The van der Waals surface area contributed by atoms with Gasteiger partial charge in [0, 0.05) is 10.4 Å². The summed E-state index contributed by atoms with van der Waals surface area (Å²) in [6.45, 7) is 0. The van der Waals surface area contributed by atoms with E-state index in [9.17, 15) is 4.39 Å². The first kappa shape index (κ1) is 11.1. The summed E-state index contributed by atoms with van der Waals surface area (Å²) >= 11 is 1.52. The van der Waals surface area contributed by atoms with Crippen molar-refractivity contribution in [1.82, 2.24) is 0 Å². The first-order valence-electron chi connectivity index (χ1n) is 4.85. The molecule has 1 heterocycles. The number of ether oxygens (including phenoxy) is 1. The molecule has 0 bridgehead atoms. The van der Waals surface area contributed by atoms with E-state index in [2.05, 4.69) is 0 Å². The quantitative estimate of drug-likeness (QED) is 0.890. The second-order valence-electron chi connectivity index (χ2n) is 3.36. The van der Waals surface area contributed by atoms with E-state index in [0.717, 1.165) is 4.88 Å². The molecule has 1 aromatic carbocycles. The van der Waals surface area contributed by atoms with Crippen LogP contribution in [-0.2, 0) is 0 Å². The van der Waals surface area contributed by atoms with Gasteiger partial charge in [-0.2, -0.15) is 0 Å². The maximum Gasteiger partial charge on any atom is 0.170 e. The molecule has 4 heteroatoms. The van der Waals surface area contributed by atoms with E-state index >= 15 is 0 Å². The zero-order chi connectivity index (χ0) is 11.5. The van der Waals surface area contributed by atoms with Crippen LogP contribution in [0.5, 0.6) is 5.75 Å². The fourth-order valence-corrected chi connectivity index (χ4v) is 2.29. The summed E-state index contributed by atoms with van der Waals surface area (Å²) in [5, 5.41) is 1.92. The Labute approximate surface area is 97.5 Å². The summed E-state index contributed by atoms with van der Waals surface area (Å²) in [6, 6.07) is 8.37. The van der Waals surface area contributed by atoms with E-state index in [4.69, 9.17) is 10.5 Å². The third kappa shape index (κ3) is 1.94. The zero-order valence-electron chi connectivity index (χ0n) is 8.81. The summed E-state index contributed by atoms with van der Waals surface area (Å²) in [4.78, 5) is 0.937. The maximum absolute atomic E-state index is 13.9. The number of thiophene rings is 1. The average molecular weight is 237 g/mol. The molecule has 0 aliphatic heterocycles. The summed E-state index contributed by atoms with van der Waals surface area (Å²) < 4.78 is 18.8. The van der Waals surface area contributed by atoms with Crippen molar-refractivity contribution >= 4 is 11.3 Å². The van der Waals surface area contributed by atoms with Crippen molar-refractivity contribution in [3.05, 3.63) is 52.0 Å². The molecule has 2 nitrogen and oxygen atoms in total. The Morgan fingerprint density at radius 3 is 2.75 bits per heavy atom. The fourth-order valence-electron chi connectivity index (χ4n) is 1.55. The molecule has 0 spiro atoms. The van der Waals surface area contributed by atoms with Gasteiger partial charge in [-0.05, 0) is 17.5 Å². The van der Waals surface area contributed by atoms with Gasteiger partial charge in [-0.25, -0.2) is 4.39 Å². The molecule has 0 amide bonds. The van der Waals surface area contributed by atoms with Gasteiger partial charge in [0.05, 0.1) is 13.2 Å². The van der Waals surface area contributed by atoms with Crippen LogP contribution in [-0.4, -0.2) is 7.11 Å². The minimum absolute atomic E-state index is 0.226. The minimum Gasteiger partial charge on any atom is -0.494 e. The summed E-state index contributed by atoms with van der Waals surface area (Å²) in [5.41, 5.74) is 6.46. The van der Waals surface area contributed by atoms with E-state index < -0.39 is 6.04 Å². The number of halogens is 1. The fraction of sp³-hybridized carbons (Fsp3) is 0.167. The second kappa shape index (κ2) is 4.63. The van der Waals surface area contributed by atoms with Crippen LogP contribution >= 0.6 is 11.3 Å². The third-order valence-electron chi connectivity index (χ3n) is 2.40. The zero-order valence-corrected chi connectivity index (χ0v) is 9.63. The summed E-state index contributed by atoms with van der Waals surface area (Å²) in [5.74, 6) is -0.157. The van der Waals surface area contributed by atoms with Crippen LogP contribution in [0.15, 0.2) is 35.7 Å². The van der Waals surface area contributed by atoms with Crippen LogP contribution in [0.3, 0.4) is 0 Å². The van der Waals surface area contributed by atoms with E-state index in [1.807, 2.05) is 17.5 Å². The van der Waals surface area contributed by atoms with Gasteiger partial charge in [0.2, 0.25) is 0 Å². The lowest BCUT2D eigenvalue weighted by molar-refractivity contribution is 0.383. The van der Waals surface area contributed by atoms with E-state index in [1.54, 1.807) is 18.2 Å². The molecule has 0 saturated carbocycles. The first-order chi connectivity index (χ1) is 7.74. The number of rotatable bonds is 3. The maximum atomic E-state index is 13.9. The van der Waals surface area contributed by atoms with Crippen LogP contribution in [0.1, 0.15) is 16.5 Å². The lowest BCUT2D eigenvalue weighted by atomic mass is 10.1. The Morgan fingerprint density at radius 1 is 1.31 bits per heavy atom. The van der Waals surface area contributed by atoms with Crippen molar-refractivity contribution in [2.45, 2.75) is 6.04 Å². The topological polar surface area (TPSA) is 35.2 Å². The smallest absolute Gasteiger partial charge is 0.170 e. The Morgan fingerprint density at radius 2 is 2.12 bits per heavy atom. The van der Waals surface area contributed by atoms with Crippen LogP contribution in [0.25, 0.3) is 0 Å². The molecule has 1 unspecified atom stereocenters.